The third kappa shape index (κ3) is 5.47. The van der Waals surface area contributed by atoms with E-state index in [1.807, 2.05) is 24.4 Å². The van der Waals surface area contributed by atoms with E-state index < -0.39 is 17.7 Å². The molecule has 33 heavy (non-hydrogen) atoms. The van der Waals surface area contributed by atoms with Crippen molar-refractivity contribution in [1.29, 1.82) is 0 Å². The third-order valence-electron chi connectivity index (χ3n) is 6.06. The van der Waals surface area contributed by atoms with Crippen molar-refractivity contribution in [2.24, 2.45) is 5.92 Å². The van der Waals surface area contributed by atoms with Crippen LogP contribution >= 0.6 is 11.3 Å². The Bertz CT molecular complexity index is 1010. The zero-order valence-electron chi connectivity index (χ0n) is 20.1. The van der Waals surface area contributed by atoms with E-state index in [1.165, 1.54) is 16.2 Å². The number of Topliss-reactive ketones (excluding diaryl/α,β-unsaturated/α-hetero) is 1. The Labute approximate surface area is 200 Å². The standard InChI is InChI=1S/C26H34N2O4S/c1-6-27(7-2)12-13-28-23(21-9-8-14-33-21)22(25(30)26(28)31)24(29)19-10-11-20(18(5)15-19)32-16-17(3)4/h8-11,14-15,17,23,29H,6-7,12-13,16H2,1-5H3. The molecule has 1 amide bonds. The molecule has 0 spiro atoms. The van der Waals surface area contributed by atoms with E-state index in [0.717, 1.165) is 35.8 Å². The largest absolute Gasteiger partial charge is 0.872 e. The summed E-state index contributed by atoms with van der Waals surface area (Å²) in [6.07, 6.45) is 0. The van der Waals surface area contributed by atoms with Crippen LogP contribution in [0.4, 0.5) is 0 Å². The molecule has 178 valence electrons. The van der Waals surface area contributed by atoms with Gasteiger partial charge in [0.15, 0.2) is 0 Å². The van der Waals surface area contributed by atoms with Gasteiger partial charge in [-0.1, -0.05) is 31.7 Å². The molecule has 1 N–H and O–H groups in total. The number of carbonyl (C=O) groups is 2. The molecule has 2 heterocycles. The van der Waals surface area contributed by atoms with Crippen LogP contribution in [0.3, 0.4) is 0 Å². The van der Waals surface area contributed by atoms with Gasteiger partial charge in [-0.15, -0.1) is 11.3 Å². The maximum absolute atomic E-state index is 13.6. The average Bonchev–Trinajstić information content (AvgIpc) is 3.40. The van der Waals surface area contributed by atoms with Crippen molar-refractivity contribution in [2.75, 3.05) is 32.8 Å². The Hall–Kier alpha value is -2.64. The molecule has 1 saturated heterocycles. The zero-order valence-corrected chi connectivity index (χ0v) is 21.0. The summed E-state index contributed by atoms with van der Waals surface area (Å²) in [5, 5.41) is 15.5. The minimum atomic E-state index is -0.689. The molecule has 7 heteroatoms. The van der Waals surface area contributed by atoms with Gasteiger partial charge in [-0.3, -0.25) is 9.59 Å². The number of rotatable bonds is 10. The number of thiophene rings is 1. The number of benzene rings is 1. The quantitative estimate of drug-likeness (QED) is 0.328. The second kappa shape index (κ2) is 11.0. The van der Waals surface area contributed by atoms with Gasteiger partial charge >= 0.3 is 0 Å². The molecule has 1 aromatic heterocycles. The van der Waals surface area contributed by atoms with Crippen molar-refractivity contribution < 1.29 is 24.3 Å². The van der Waals surface area contributed by atoms with Gasteiger partial charge in [-0.25, -0.2) is 0 Å². The van der Waals surface area contributed by atoms with Gasteiger partial charge in [0.05, 0.1) is 38.8 Å². The number of nitrogens with one attached hydrogen (secondary N) is 1. The second-order valence-electron chi connectivity index (χ2n) is 8.88. The number of ketones is 1. The van der Waals surface area contributed by atoms with Crippen molar-refractivity contribution in [1.82, 2.24) is 4.90 Å². The molecule has 1 atom stereocenters. The first kappa shape index (κ1) is 25.0. The minimum Gasteiger partial charge on any atom is -0.872 e. The molecular weight excluding hydrogens is 436 g/mol. The van der Waals surface area contributed by atoms with Crippen LogP contribution in [0.5, 0.6) is 5.75 Å². The number of likely N-dealkylation sites (N-methyl/N-ethyl adjacent to an activating group) is 1. The summed E-state index contributed by atoms with van der Waals surface area (Å²) in [6, 6.07) is 8.34. The predicted octanol–water partition coefficient (Wildman–Crippen LogP) is 2.24. The van der Waals surface area contributed by atoms with Gasteiger partial charge in [-0.2, -0.15) is 0 Å². The molecule has 1 fully saturated rings. The van der Waals surface area contributed by atoms with Crippen LogP contribution in [-0.2, 0) is 9.59 Å². The predicted molar refractivity (Wildman–Crippen MR) is 129 cm³/mol. The number of quaternary nitrogens is 1. The lowest BCUT2D eigenvalue weighted by Gasteiger charge is -2.27. The summed E-state index contributed by atoms with van der Waals surface area (Å²) in [5.41, 5.74) is 1.28. The summed E-state index contributed by atoms with van der Waals surface area (Å²) in [6.45, 7) is 13.9. The van der Waals surface area contributed by atoms with Crippen molar-refractivity contribution in [3.63, 3.8) is 0 Å². The summed E-state index contributed by atoms with van der Waals surface area (Å²) < 4.78 is 5.82. The summed E-state index contributed by atoms with van der Waals surface area (Å²) >= 11 is 1.46. The smallest absolute Gasteiger partial charge is 0.295 e. The highest BCUT2D eigenvalue weighted by molar-refractivity contribution is 7.10. The second-order valence-corrected chi connectivity index (χ2v) is 9.86. The van der Waals surface area contributed by atoms with E-state index in [9.17, 15) is 14.7 Å². The molecule has 0 radical (unpaired) electrons. The number of aryl methyl sites for hydroxylation is 1. The van der Waals surface area contributed by atoms with E-state index in [1.54, 1.807) is 23.1 Å². The van der Waals surface area contributed by atoms with Crippen molar-refractivity contribution >= 4 is 28.8 Å². The summed E-state index contributed by atoms with van der Waals surface area (Å²) in [7, 11) is 0. The SMILES string of the molecule is CC[NH+](CC)CCN1C(=O)C(=O)C(=C([O-])c2ccc(OCC(C)C)c(C)c2)C1c1cccs1. The van der Waals surface area contributed by atoms with Crippen LogP contribution in [0, 0.1) is 12.8 Å². The molecule has 1 aliphatic rings. The van der Waals surface area contributed by atoms with Gasteiger partial charge in [0.2, 0.25) is 5.78 Å². The van der Waals surface area contributed by atoms with Crippen LogP contribution in [0.1, 0.15) is 49.7 Å². The third-order valence-corrected chi connectivity index (χ3v) is 6.98. The fourth-order valence-corrected chi connectivity index (χ4v) is 4.94. The molecule has 1 aliphatic heterocycles. The Balaban J connectivity index is 1.99. The lowest BCUT2D eigenvalue weighted by molar-refractivity contribution is -0.895. The van der Waals surface area contributed by atoms with E-state index in [0.29, 0.717) is 24.6 Å². The average molecular weight is 471 g/mol. The molecule has 0 aliphatic carbocycles. The first-order chi connectivity index (χ1) is 15.8. The van der Waals surface area contributed by atoms with Gasteiger partial charge in [0.25, 0.3) is 5.91 Å². The van der Waals surface area contributed by atoms with Crippen molar-refractivity contribution in [3.8, 4) is 5.75 Å². The maximum atomic E-state index is 13.6. The molecule has 6 nitrogen and oxygen atoms in total. The highest BCUT2D eigenvalue weighted by Gasteiger charge is 2.44. The number of ether oxygens (including phenoxy) is 1. The summed E-state index contributed by atoms with van der Waals surface area (Å²) in [5.74, 6) is -0.553. The highest BCUT2D eigenvalue weighted by Crippen LogP contribution is 2.40. The van der Waals surface area contributed by atoms with Crippen molar-refractivity contribution in [3.05, 3.63) is 57.3 Å². The minimum absolute atomic E-state index is 0.0484. The number of hydrogen-bond acceptors (Lipinski definition) is 5. The monoisotopic (exact) mass is 470 g/mol. The first-order valence-corrected chi connectivity index (χ1v) is 12.5. The van der Waals surface area contributed by atoms with Crippen LogP contribution in [-0.4, -0.2) is 49.4 Å². The topological polar surface area (TPSA) is 74.1 Å². The number of likely N-dealkylation sites (tertiary alicyclic amines) is 1. The number of nitrogens with zero attached hydrogens (tertiary/aromatic N) is 1. The zero-order chi connectivity index (χ0) is 24.1. The molecule has 0 bridgehead atoms. The number of amides is 1. The van der Waals surface area contributed by atoms with Crippen molar-refractivity contribution in [2.45, 2.75) is 40.7 Å². The van der Waals surface area contributed by atoms with Crippen LogP contribution < -0.4 is 14.7 Å². The molecule has 0 saturated carbocycles. The Morgan fingerprint density at radius 1 is 1.21 bits per heavy atom. The molecule has 1 unspecified atom stereocenters. The number of carbonyl (C=O) groups excluding carboxylic acids is 2. The fraction of sp³-hybridized carbons (Fsp3) is 0.462. The lowest BCUT2D eigenvalue weighted by Crippen LogP contribution is -3.12. The van der Waals surface area contributed by atoms with Gasteiger partial charge < -0.3 is 19.6 Å². The Morgan fingerprint density at radius 3 is 2.52 bits per heavy atom. The van der Waals surface area contributed by atoms with Gasteiger partial charge in [0, 0.05) is 10.5 Å². The molecule has 3 rings (SSSR count). The highest BCUT2D eigenvalue weighted by atomic mass is 32.1. The van der Waals surface area contributed by atoms with E-state index >= 15 is 0 Å². The van der Waals surface area contributed by atoms with E-state index in [-0.39, 0.29) is 11.3 Å². The Kier molecular flexibility index (Phi) is 8.32. The van der Waals surface area contributed by atoms with Crippen LogP contribution in [0.2, 0.25) is 0 Å². The van der Waals surface area contributed by atoms with E-state index in [4.69, 9.17) is 4.74 Å². The van der Waals surface area contributed by atoms with Gasteiger partial charge in [-0.05, 0) is 61.4 Å². The van der Waals surface area contributed by atoms with E-state index in [2.05, 4.69) is 27.7 Å². The molecular formula is C26H34N2O4S. The normalized spacial score (nSPS) is 18.0. The molecule has 1 aromatic carbocycles. The maximum Gasteiger partial charge on any atom is 0.295 e. The number of hydrogen-bond donors (Lipinski definition) is 1. The van der Waals surface area contributed by atoms with Crippen LogP contribution in [0.15, 0.2) is 41.3 Å². The first-order valence-electron chi connectivity index (χ1n) is 11.7. The Morgan fingerprint density at radius 2 is 1.94 bits per heavy atom. The summed E-state index contributed by atoms with van der Waals surface area (Å²) in [4.78, 5) is 29.8. The van der Waals surface area contributed by atoms with Gasteiger partial charge in [0.1, 0.15) is 5.75 Å². The lowest BCUT2D eigenvalue weighted by atomic mass is 9.98. The van der Waals surface area contributed by atoms with Crippen LogP contribution in [0.25, 0.3) is 5.76 Å². The molecule has 2 aromatic rings. The fourth-order valence-electron chi connectivity index (χ4n) is 4.09.